The summed E-state index contributed by atoms with van der Waals surface area (Å²) in [6.07, 6.45) is 6.17. The van der Waals surface area contributed by atoms with Gasteiger partial charge in [-0.1, -0.05) is 66.7 Å². The Hall–Kier alpha value is -3.37. The van der Waals surface area contributed by atoms with Gasteiger partial charge in [-0.2, -0.15) is 0 Å². The van der Waals surface area contributed by atoms with Crippen LogP contribution in [0.1, 0.15) is 49.3 Å². The Kier molecular flexibility index (Phi) is 8.16. The number of ether oxygens (including phenoxy) is 2. The third kappa shape index (κ3) is 6.15. The van der Waals surface area contributed by atoms with E-state index in [2.05, 4.69) is 66.7 Å². The first-order chi connectivity index (χ1) is 16.6. The van der Waals surface area contributed by atoms with Gasteiger partial charge in [0.25, 0.3) is 0 Å². The molecule has 0 spiro atoms. The predicted molar refractivity (Wildman–Crippen MR) is 136 cm³/mol. The van der Waals surface area contributed by atoms with E-state index in [9.17, 15) is 4.79 Å². The Morgan fingerprint density at radius 1 is 0.882 bits per heavy atom. The zero-order chi connectivity index (χ0) is 23.8. The number of carboxylic acid groups (broad SMARTS) is 1. The number of carbonyl (C=O) groups is 1. The molecule has 3 aromatic carbocycles. The van der Waals surface area contributed by atoms with Gasteiger partial charge in [0.05, 0.1) is 25.7 Å². The van der Waals surface area contributed by atoms with Gasteiger partial charge in [-0.15, -0.1) is 0 Å². The first-order valence-electron chi connectivity index (χ1n) is 12.1. The molecule has 0 saturated heterocycles. The number of carboxylic acids is 1. The van der Waals surface area contributed by atoms with E-state index in [0.29, 0.717) is 6.61 Å². The molecule has 34 heavy (non-hydrogen) atoms. The highest BCUT2D eigenvalue weighted by Gasteiger charge is 2.21. The molecule has 0 amide bonds. The fourth-order valence-corrected chi connectivity index (χ4v) is 4.43. The van der Waals surface area contributed by atoms with Crippen molar-refractivity contribution in [1.82, 2.24) is 0 Å². The van der Waals surface area contributed by atoms with Crippen LogP contribution in [0.25, 0.3) is 16.7 Å². The van der Waals surface area contributed by atoms with Crippen molar-refractivity contribution in [1.29, 1.82) is 0 Å². The first-order valence-corrected chi connectivity index (χ1v) is 12.1. The molecule has 4 rings (SSSR count). The molecule has 0 bridgehead atoms. The van der Waals surface area contributed by atoms with Crippen LogP contribution in [0, 0.1) is 0 Å². The van der Waals surface area contributed by atoms with Crippen molar-refractivity contribution in [3.63, 3.8) is 0 Å². The van der Waals surface area contributed by atoms with Crippen molar-refractivity contribution in [3.8, 4) is 16.9 Å². The molecular formula is C30H32O4. The molecule has 0 aromatic heterocycles. The lowest BCUT2D eigenvalue weighted by Gasteiger charge is -2.12. The zero-order valence-corrected chi connectivity index (χ0v) is 19.7. The van der Waals surface area contributed by atoms with E-state index in [1.165, 1.54) is 33.4 Å². The summed E-state index contributed by atoms with van der Waals surface area (Å²) in [4.78, 5) is 10.5. The van der Waals surface area contributed by atoms with Gasteiger partial charge in [-0.3, -0.25) is 4.79 Å². The van der Waals surface area contributed by atoms with Gasteiger partial charge >= 0.3 is 5.97 Å². The summed E-state index contributed by atoms with van der Waals surface area (Å²) in [7, 11) is 0. The van der Waals surface area contributed by atoms with Gasteiger partial charge in [-0.05, 0) is 71.7 Å². The molecule has 1 aliphatic carbocycles. The Morgan fingerprint density at radius 2 is 1.50 bits per heavy atom. The molecule has 4 heteroatoms. The SMILES string of the molecule is CC(CCCc1ccc(OCCC=C2c3ccccc3-c3ccccc32)cc1)OCCC(=O)O. The molecular weight excluding hydrogens is 424 g/mol. The maximum absolute atomic E-state index is 10.5. The Morgan fingerprint density at radius 3 is 2.12 bits per heavy atom. The van der Waals surface area contributed by atoms with Crippen LogP contribution in [-0.2, 0) is 16.0 Å². The summed E-state index contributed by atoms with van der Waals surface area (Å²) in [6, 6.07) is 25.5. The average Bonchev–Trinajstić information content (AvgIpc) is 3.16. The van der Waals surface area contributed by atoms with Gasteiger partial charge in [0, 0.05) is 6.42 Å². The lowest BCUT2D eigenvalue weighted by Crippen LogP contribution is -2.12. The quantitative estimate of drug-likeness (QED) is 0.239. The topological polar surface area (TPSA) is 55.8 Å². The molecule has 1 aliphatic rings. The summed E-state index contributed by atoms with van der Waals surface area (Å²) < 4.78 is 11.5. The van der Waals surface area contributed by atoms with Crippen LogP contribution < -0.4 is 4.74 Å². The number of hydrogen-bond acceptors (Lipinski definition) is 3. The van der Waals surface area contributed by atoms with Crippen molar-refractivity contribution < 1.29 is 19.4 Å². The standard InChI is InChI=1S/C30H32O4/c1-22(33-21-19-30(31)32)8-6-9-23-15-17-24(18-16-23)34-20-7-14-29-27-12-4-2-10-25(27)26-11-3-5-13-28(26)29/h2-5,10-18,22H,6-9,19-21H2,1H3,(H,31,32). The Balaban J connectivity index is 1.22. The van der Waals surface area contributed by atoms with Crippen LogP contribution in [-0.4, -0.2) is 30.4 Å². The van der Waals surface area contributed by atoms with Gasteiger partial charge in [0.2, 0.25) is 0 Å². The summed E-state index contributed by atoms with van der Waals surface area (Å²) in [5, 5.41) is 8.67. The van der Waals surface area contributed by atoms with Crippen molar-refractivity contribution in [2.75, 3.05) is 13.2 Å². The van der Waals surface area contributed by atoms with Gasteiger partial charge in [-0.25, -0.2) is 0 Å². The number of aryl methyl sites for hydroxylation is 1. The maximum atomic E-state index is 10.5. The highest BCUT2D eigenvalue weighted by molar-refractivity contribution is 6.01. The van der Waals surface area contributed by atoms with Gasteiger partial charge in [0.1, 0.15) is 5.75 Å². The number of aliphatic carboxylic acids is 1. The Labute approximate surface area is 201 Å². The van der Waals surface area contributed by atoms with E-state index >= 15 is 0 Å². The van der Waals surface area contributed by atoms with E-state index in [-0.39, 0.29) is 19.1 Å². The fraction of sp³-hybridized carbons (Fsp3) is 0.300. The van der Waals surface area contributed by atoms with Crippen LogP contribution in [0.2, 0.25) is 0 Å². The largest absolute Gasteiger partial charge is 0.493 e. The zero-order valence-electron chi connectivity index (χ0n) is 19.7. The first kappa shape index (κ1) is 23.8. The van der Waals surface area contributed by atoms with Crippen LogP contribution >= 0.6 is 0 Å². The highest BCUT2D eigenvalue weighted by atomic mass is 16.5. The molecule has 3 aromatic rings. The van der Waals surface area contributed by atoms with Crippen LogP contribution in [0.15, 0.2) is 78.9 Å². The smallest absolute Gasteiger partial charge is 0.305 e. The second-order valence-electron chi connectivity index (χ2n) is 8.71. The fourth-order valence-electron chi connectivity index (χ4n) is 4.43. The minimum absolute atomic E-state index is 0.0590. The van der Waals surface area contributed by atoms with Crippen molar-refractivity contribution in [3.05, 3.63) is 95.6 Å². The molecule has 0 heterocycles. The Bertz CT molecular complexity index is 1080. The van der Waals surface area contributed by atoms with Gasteiger partial charge < -0.3 is 14.6 Å². The molecule has 1 N–H and O–H groups in total. The maximum Gasteiger partial charge on any atom is 0.305 e. The van der Waals surface area contributed by atoms with Crippen molar-refractivity contribution in [2.45, 2.75) is 45.1 Å². The summed E-state index contributed by atoms with van der Waals surface area (Å²) >= 11 is 0. The summed E-state index contributed by atoms with van der Waals surface area (Å²) in [5.74, 6) is 0.0695. The number of rotatable bonds is 12. The van der Waals surface area contributed by atoms with E-state index in [0.717, 1.165) is 31.4 Å². The number of hydrogen-bond donors (Lipinski definition) is 1. The van der Waals surface area contributed by atoms with E-state index in [1.54, 1.807) is 0 Å². The molecule has 0 saturated carbocycles. The number of benzene rings is 3. The molecule has 0 fully saturated rings. The molecule has 1 atom stereocenters. The molecule has 0 radical (unpaired) electrons. The van der Waals surface area contributed by atoms with E-state index in [1.807, 2.05) is 19.1 Å². The second kappa shape index (κ2) is 11.7. The van der Waals surface area contributed by atoms with E-state index < -0.39 is 5.97 Å². The highest BCUT2D eigenvalue weighted by Crippen LogP contribution is 2.43. The second-order valence-corrected chi connectivity index (χ2v) is 8.71. The van der Waals surface area contributed by atoms with Crippen LogP contribution in [0.4, 0.5) is 0 Å². The van der Waals surface area contributed by atoms with Crippen molar-refractivity contribution in [2.24, 2.45) is 0 Å². The third-order valence-corrected chi connectivity index (χ3v) is 6.18. The summed E-state index contributed by atoms with van der Waals surface area (Å²) in [6.45, 7) is 2.91. The molecule has 0 aliphatic heterocycles. The predicted octanol–water partition coefficient (Wildman–Crippen LogP) is 6.77. The normalized spacial score (nSPS) is 12.7. The monoisotopic (exact) mass is 456 g/mol. The lowest BCUT2D eigenvalue weighted by atomic mass is 10.0. The van der Waals surface area contributed by atoms with Crippen LogP contribution in [0.5, 0.6) is 5.75 Å². The molecule has 1 unspecified atom stereocenters. The third-order valence-electron chi connectivity index (χ3n) is 6.18. The average molecular weight is 457 g/mol. The number of fused-ring (bicyclic) bond motifs is 3. The van der Waals surface area contributed by atoms with Gasteiger partial charge in [0.15, 0.2) is 0 Å². The summed E-state index contributed by atoms with van der Waals surface area (Å²) in [5.41, 5.74) is 7.78. The van der Waals surface area contributed by atoms with Crippen LogP contribution in [0.3, 0.4) is 0 Å². The van der Waals surface area contributed by atoms with E-state index in [4.69, 9.17) is 14.6 Å². The lowest BCUT2D eigenvalue weighted by molar-refractivity contribution is -0.138. The van der Waals surface area contributed by atoms with Crippen molar-refractivity contribution >= 4 is 11.5 Å². The minimum atomic E-state index is -0.819. The molecule has 176 valence electrons. The molecule has 4 nitrogen and oxygen atoms in total. The minimum Gasteiger partial charge on any atom is -0.493 e.